The highest BCUT2D eigenvalue weighted by atomic mass is 16.5. The summed E-state index contributed by atoms with van der Waals surface area (Å²) < 4.78 is 11.3. The van der Waals surface area contributed by atoms with Crippen molar-refractivity contribution < 1.29 is 19.1 Å². The number of carboxylic acids is 1. The Bertz CT molecular complexity index is 500. The van der Waals surface area contributed by atoms with Crippen LogP contribution in [-0.2, 0) is 11.3 Å². The second kappa shape index (κ2) is 4.90. The van der Waals surface area contributed by atoms with Gasteiger partial charge in [-0.2, -0.15) is 0 Å². The van der Waals surface area contributed by atoms with Crippen molar-refractivity contribution in [2.75, 3.05) is 13.1 Å². The van der Waals surface area contributed by atoms with E-state index in [1.54, 1.807) is 13.0 Å². The zero-order chi connectivity index (χ0) is 15.1. The van der Waals surface area contributed by atoms with Gasteiger partial charge in [-0.05, 0) is 40.7 Å². The number of carboxylic acid groups (broad SMARTS) is 1. The summed E-state index contributed by atoms with van der Waals surface area (Å²) in [6, 6.07) is 1.62. The van der Waals surface area contributed by atoms with E-state index in [0.29, 0.717) is 12.3 Å². The molecule has 0 aromatic carbocycles. The molecule has 112 valence electrons. The molecule has 5 heteroatoms. The predicted molar refractivity (Wildman–Crippen MR) is 74.9 cm³/mol. The predicted octanol–water partition coefficient (Wildman–Crippen LogP) is 2.68. The molecule has 0 aliphatic carbocycles. The summed E-state index contributed by atoms with van der Waals surface area (Å²) in [5, 5.41) is 8.97. The van der Waals surface area contributed by atoms with Crippen LogP contribution >= 0.6 is 0 Å². The second-order valence-corrected chi connectivity index (χ2v) is 6.76. The van der Waals surface area contributed by atoms with Crippen LogP contribution in [0, 0.1) is 6.92 Å². The lowest BCUT2D eigenvalue weighted by Crippen LogP contribution is -2.56. The average molecular weight is 281 g/mol. The fourth-order valence-electron chi connectivity index (χ4n) is 3.08. The molecule has 0 spiro atoms. The van der Waals surface area contributed by atoms with E-state index in [1.165, 1.54) is 0 Å². The molecule has 0 amide bonds. The van der Waals surface area contributed by atoms with E-state index in [2.05, 4.69) is 32.6 Å². The average Bonchev–Trinajstić information content (AvgIpc) is 2.55. The Kier molecular flexibility index (Phi) is 3.69. The van der Waals surface area contributed by atoms with E-state index in [1.807, 2.05) is 0 Å². The lowest BCUT2D eigenvalue weighted by Gasteiger charge is -2.47. The molecule has 0 radical (unpaired) electrons. The van der Waals surface area contributed by atoms with Gasteiger partial charge in [0.15, 0.2) is 0 Å². The fraction of sp³-hybridized carbons (Fsp3) is 0.667. The number of carbonyl (C=O) groups is 1. The lowest BCUT2D eigenvalue weighted by molar-refractivity contribution is -0.182. The first kappa shape index (κ1) is 15.1. The van der Waals surface area contributed by atoms with E-state index in [9.17, 15) is 4.79 Å². The molecule has 0 saturated carbocycles. The highest BCUT2D eigenvalue weighted by molar-refractivity contribution is 5.84. The highest BCUT2D eigenvalue weighted by Crippen LogP contribution is 2.29. The van der Waals surface area contributed by atoms with Gasteiger partial charge in [-0.15, -0.1) is 0 Å². The Balaban J connectivity index is 2.15. The van der Waals surface area contributed by atoms with Crippen molar-refractivity contribution in [3.63, 3.8) is 0 Å². The van der Waals surface area contributed by atoms with E-state index in [-0.39, 0.29) is 17.0 Å². The zero-order valence-corrected chi connectivity index (χ0v) is 12.8. The van der Waals surface area contributed by atoms with Crippen molar-refractivity contribution >= 4 is 5.97 Å². The number of aromatic carboxylic acids is 1. The zero-order valence-electron chi connectivity index (χ0n) is 12.8. The van der Waals surface area contributed by atoms with Gasteiger partial charge < -0.3 is 14.3 Å². The van der Waals surface area contributed by atoms with E-state index >= 15 is 0 Å². The van der Waals surface area contributed by atoms with Gasteiger partial charge in [-0.25, -0.2) is 4.79 Å². The van der Waals surface area contributed by atoms with Crippen LogP contribution in [0.25, 0.3) is 0 Å². The van der Waals surface area contributed by atoms with Gasteiger partial charge in [-0.1, -0.05) is 0 Å². The van der Waals surface area contributed by atoms with Crippen molar-refractivity contribution in [1.82, 2.24) is 4.90 Å². The molecule has 20 heavy (non-hydrogen) atoms. The van der Waals surface area contributed by atoms with Gasteiger partial charge in [0.2, 0.25) is 5.76 Å². The molecule has 1 N–H and O–H groups in total. The van der Waals surface area contributed by atoms with Crippen LogP contribution in [0.2, 0.25) is 0 Å². The molecule has 1 fully saturated rings. The molecular weight excluding hydrogens is 258 g/mol. The molecule has 0 unspecified atom stereocenters. The Morgan fingerprint density at radius 1 is 1.30 bits per heavy atom. The molecule has 5 nitrogen and oxygen atoms in total. The molecule has 0 bridgehead atoms. The summed E-state index contributed by atoms with van der Waals surface area (Å²) in [6.45, 7) is 12.4. The molecule has 0 atom stereocenters. The van der Waals surface area contributed by atoms with Crippen LogP contribution in [0.5, 0.6) is 0 Å². The standard InChI is InChI=1S/C15H23NO4/c1-10-11(6-12(19-10)13(17)18)7-16-8-14(2,3)20-15(4,5)9-16/h6H,7-9H2,1-5H3,(H,17,18). The number of furan rings is 1. The van der Waals surface area contributed by atoms with Crippen molar-refractivity contribution in [2.45, 2.75) is 52.4 Å². The van der Waals surface area contributed by atoms with Gasteiger partial charge in [0.25, 0.3) is 0 Å². The van der Waals surface area contributed by atoms with Gasteiger partial charge in [0.1, 0.15) is 5.76 Å². The smallest absolute Gasteiger partial charge is 0.371 e. The van der Waals surface area contributed by atoms with Crippen LogP contribution in [0.4, 0.5) is 0 Å². The molecule has 1 aliphatic rings. The van der Waals surface area contributed by atoms with E-state index < -0.39 is 5.97 Å². The first-order valence-corrected chi connectivity index (χ1v) is 6.83. The van der Waals surface area contributed by atoms with Gasteiger partial charge in [0.05, 0.1) is 11.2 Å². The van der Waals surface area contributed by atoms with Crippen LogP contribution in [0.15, 0.2) is 10.5 Å². The Labute approximate surface area is 119 Å². The highest BCUT2D eigenvalue weighted by Gasteiger charge is 2.38. The van der Waals surface area contributed by atoms with Crippen LogP contribution in [-0.4, -0.2) is 40.3 Å². The van der Waals surface area contributed by atoms with Crippen LogP contribution in [0.3, 0.4) is 0 Å². The largest absolute Gasteiger partial charge is 0.475 e. The summed E-state index contributed by atoms with van der Waals surface area (Å²) in [5.41, 5.74) is 0.500. The van der Waals surface area contributed by atoms with Crippen LogP contribution < -0.4 is 0 Å². The van der Waals surface area contributed by atoms with E-state index in [4.69, 9.17) is 14.3 Å². The number of rotatable bonds is 3. The summed E-state index contributed by atoms with van der Waals surface area (Å²) in [4.78, 5) is 13.2. The summed E-state index contributed by atoms with van der Waals surface area (Å²) >= 11 is 0. The van der Waals surface area contributed by atoms with Crippen LogP contribution in [0.1, 0.15) is 49.6 Å². The Morgan fingerprint density at radius 2 is 1.85 bits per heavy atom. The number of morpholine rings is 1. The monoisotopic (exact) mass is 281 g/mol. The second-order valence-electron chi connectivity index (χ2n) is 6.76. The van der Waals surface area contributed by atoms with Gasteiger partial charge in [0, 0.05) is 25.2 Å². The molecule has 1 saturated heterocycles. The van der Waals surface area contributed by atoms with Gasteiger partial charge in [-0.3, -0.25) is 4.90 Å². The Hall–Kier alpha value is -1.33. The first-order chi connectivity index (χ1) is 9.08. The van der Waals surface area contributed by atoms with Crippen molar-refractivity contribution in [2.24, 2.45) is 0 Å². The third-order valence-corrected chi connectivity index (χ3v) is 3.39. The third-order valence-electron chi connectivity index (χ3n) is 3.39. The maximum atomic E-state index is 10.9. The number of hydrogen-bond donors (Lipinski definition) is 1. The maximum Gasteiger partial charge on any atom is 0.371 e. The minimum absolute atomic E-state index is 0.00396. The molecule has 2 rings (SSSR count). The number of aryl methyl sites for hydroxylation is 1. The molecular formula is C15H23NO4. The van der Waals surface area contributed by atoms with Crippen molar-refractivity contribution in [3.8, 4) is 0 Å². The normalized spacial score (nSPS) is 21.9. The maximum absolute atomic E-state index is 10.9. The fourth-order valence-corrected chi connectivity index (χ4v) is 3.08. The SMILES string of the molecule is Cc1oc(C(=O)O)cc1CN1CC(C)(C)OC(C)(C)C1. The minimum Gasteiger partial charge on any atom is -0.475 e. The topological polar surface area (TPSA) is 62.9 Å². The van der Waals surface area contributed by atoms with Crippen molar-refractivity contribution in [1.29, 1.82) is 0 Å². The number of ether oxygens (including phenoxy) is 1. The van der Waals surface area contributed by atoms with Crippen molar-refractivity contribution in [3.05, 3.63) is 23.2 Å². The minimum atomic E-state index is -1.03. The Morgan fingerprint density at radius 3 is 2.30 bits per heavy atom. The molecule has 1 aromatic rings. The third kappa shape index (κ3) is 3.41. The summed E-state index contributed by atoms with van der Waals surface area (Å²) in [6.07, 6.45) is 0. The molecule has 1 aromatic heterocycles. The lowest BCUT2D eigenvalue weighted by atomic mass is 9.98. The van der Waals surface area contributed by atoms with E-state index in [0.717, 1.165) is 18.7 Å². The number of nitrogens with zero attached hydrogens (tertiary/aromatic N) is 1. The first-order valence-electron chi connectivity index (χ1n) is 6.83. The summed E-state index contributed by atoms with van der Waals surface area (Å²) in [7, 11) is 0. The quantitative estimate of drug-likeness (QED) is 0.923. The van der Waals surface area contributed by atoms with Gasteiger partial charge >= 0.3 is 5.97 Å². The number of hydrogen-bond acceptors (Lipinski definition) is 4. The molecule has 2 heterocycles. The summed E-state index contributed by atoms with van der Waals surface area (Å²) in [5.74, 6) is -0.351. The molecule has 1 aliphatic heterocycles.